The molecule has 24 heavy (non-hydrogen) atoms. The highest BCUT2D eigenvalue weighted by Crippen LogP contribution is 2.38. The summed E-state index contributed by atoms with van der Waals surface area (Å²) in [5.41, 5.74) is -0.00461. The molecule has 1 atom stereocenters. The van der Waals surface area contributed by atoms with Gasteiger partial charge in [-0.25, -0.2) is 8.93 Å². The van der Waals surface area contributed by atoms with Crippen LogP contribution in [0, 0.1) is 16.0 Å². The molecule has 0 heterocycles. The van der Waals surface area contributed by atoms with Gasteiger partial charge in [-0.2, -0.15) is 0 Å². The minimum Gasteiger partial charge on any atom is -0.261 e. The zero-order chi connectivity index (χ0) is 18.2. The number of hydrogen-bond donors (Lipinski definition) is 1. The van der Waals surface area contributed by atoms with Crippen LogP contribution in [0.5, 0.6) is 0 Å². The Morgan fingerprint density at radius 2 is 1.83 bits per heavy atom. The highest BCUT2D eigenvalue weighted by atomic mass is 32.2. The summed E-state index contributed by atoms with van der Waals surface area (Å²) in [6, 6.07) is 5.93. The predicted octanol–water partition coefficient (Wildman–Crippen LogP) is 4.34. The number of benzene rings is 1. The van der Waals surface area contributed by atoms with Crippen molar-refractivity contribution in [3.05, 3.63) is 34.4 Å². The zero-order valence-corrected chi connectivity index (χ0v) is 16.9. The third kappa shape index (κ3) is 4.43. The van der Waals surface area contributed by atoms with E-state index in [0.717, 1.165) is 12.8 Å². The van der Waals surface area contributed by atoms with E-state index in [9.17, 15) is 14.3 Å². The molecule has 1 fully saturated rings. The molecule has 1 aromatic rings. The summed E-state index contributed by atoms with van der Waals surface area (Å²) in [6.45, 7) is 11.3. The van der Waals surface area contributed by atoms with Crippen LogP contribution >= 0.6 is 0 Å². The summed E-state index contributed by atoms with van der Waals surface area (Å²) in [6.07, 6.45) is 2.31. The van der Waals surface area contributed by atoms with E-state index in [4.69, 9.17) is 4.03 Å². The topological polar surface area (TPSA) is 84.6 Å². The van der Waals surface area contributed by atoms with E-state index < -0.39 is 23.1 Å². The second-order valence-electron chi connectivity index (χ2n) is 7.97. The van der Waals surface area contributed by atoms with Crippen LogP contribution in [-0.4, -0.2) is 23.9 Å². The van der Waals surface area contributed by atoms with E-state index in [-0.39, 0.29) is 10.7 Å². The maximum absolute atomic E-state index is 13.6. The van der Waals surface area contributed by atoms with E-state index in [0.29, 0.717) is 17.4 Å². The fraction of sp³-hybridized carbons (Fsp3) is 0.625. The van der Waals surface area contributed by atoms with Crippen LogP contribution in [0.3, 0.4) is 0 Å². The molecule has 1 aliphatic rings. The van der Waals surface area contributed by atoms with E-state index in [1.807, 2.05) is 0 Å². The summed E-state index contributed by atoms with van der Waals surface area (Å²) < 4.78 is 21.7. The molecule has 0 radical (unpaired) electrons. The van der Waals surface area contributed by atoms with Gasteiger partial charge in [-0.3, -0.25) is 14.1 Å². The van der Waals surface area contributed by atoms with Gasteiger partial charge in [0.1, 0.15) is 9.92 Å². The molecule has 1 N–H and O–H groups in total. The summed E-state index contributed by atoms with van der Waals surface area (Å²) in [4.78, 5) is 10.9. The number of nitrogens with zero attached hydrogens (tertiary/aromatic N) is 2. The number of non-ortho nitro benzene ring substituents is 1. The molecule has 1 aromatic carbocycles. The van der Waals surface area contributed by atoms with Gasteiger partial charge in [0.15, 0.2) is 8.24 Å². The zero-order valence-electron chi connectivity index (χ0n) is 15.0. The molecule has 0 saturated heterocycles. The lowest BCUT2D eigenvalue weighted by Gasteiger charge is -2.33. The lowest BCUT2D eigenvalue weighted by atomic mass is 10.2. The number of rotatable bonds is 6. The molecule has 0 aromatic heterocycles. The van der Waals surface area contributed by atoms with Gasteiger partial charge < -0.3 is 0 Å². The molecule has 134 valence electrons. The molecule has 6 nitrogen and oxygen atoms in total. The van der Waals surface area contributed by atoms with Gasteiger partial charge in [0.05, 0.1) is 9.82 Å². The Labute approximate surface area is 145 Å². The summed E-state index contributed by atoms with van der Waals surface area (Å²) in [5, 5.41) is 10.8. The van der Waals surface area contributed by atoms with Crippen molar-refractivity contribution < 1.29 is 9.13 Å². The molecule has 8 heteroatoms. The van der Waals surface area contributed by atoms with Crippen LogP contribution in [0.1, 0.15) is 33.6 Å². The average molecular weight is 370 g/mol. The van der Waals surface area contributed by atoms with Gasteiger partial charge in [0.2, 0.25) is 0 Å². The fourth-order valence-corrected chi connectivity index (χ4v) is 7.41. The molecule has 2 rings (SSSR count). The second kappa shape index (κ2) is 6.57. The highest BCUT2D eigenvalue weighted by molar-refractivity contribution is 7.92. The van der Waals surface area contributed by atoms with Crippen molar-refractivity contribution in [2.45, 2.75) is 56.6 Å². The first-order valence-electron chi connectivity index (χ1n) is 8.22. The number of hydrogen-bond acceptors (Lipinski definition) is 4. The van der Waals surface area contributed by atoms with Crippen LogP contribution in [-0.2, 0) is 9.92 Å². The van der Waals surface area contributed by atoms with Crippen molar-refractivity contribution in [3.8, 4) is 0 Å². The van der Waals surface area contributed by atoms with Crippen LogP contribution in [0.2, 0.25) is 18.1 Å². The van der Waals surface area contributed by atoms with Gasteiger partial charge in [-0.05, 0) is 49.0 Å². The Bertz CT molecular complexity index is 728. The van der Waals surface area contributed by atoms with Crippen molar-refractivity contribution in [2.75, 3.05) is 6.54 Å². The molecule has 0 bridgehead atoms. The largest absolute Gasteiger partial charge is 0.269 e. The van der Waals surface area contributed by atoms with E-state index in [1.165, 1.54) is 12.1 Å². The number of nitro groups is 1. The van der Waals surface area contributed by atoms with Gasteiger partial charge >= 0.3 is 0 Å². The lowest BCUT2D eigenvalue weighted by molar-refractivity contribution is -0.384. The van der Waals surface area contributed by atoms with E-state index in [1.54, 1.807) is 12.1 Å². The number of nitrogens with one attached hydrogen (secondary N) is 1. The van der Waals surface area contributed by atoms with Crippen molar-refractivity contribution in [2.24, 2.45) is 9.95 Å². The Morgan fingerprint density at radius 3 is 2.25 bits per heavy atom. The average Bonchev–Trinajstić information content (AvgIpc) is 3.28. The Morgan fingerprint density at radius 1 is 1.29 bits per heavy atom. The van der Waals surface area contributed by atoms with Gasteiger partial charge in [-0.1, -0.05) is 20.8 Å². The molecular formula is C16H27N3O3SSi. The Balaban J connectivity index is 2.46. The van der Waals surface area contributed by atoms with Crippen molar-refractivity contribution in [3.63, 3.8) is 0 Å². The Hall–Kier alpha value is -1.25. The third-order valence-electron chi connectivity index (χ3n) is 4.82. The van der Waals surface area contributed by atoms with Crippen molar-refractivity contribution in [1.82, 2.24) is 4.72 Å². The van der Waals surface area contributed by atoms with Crippen LogP contribution in [0.25, 0.3) is 0 Å². The first-order chi connectivity index (χ1) is 10.9. The highest BCUT2D eigenvalue weighted by Gasteiger charge is 2.38. The van der Waals surface area contributed by atoms with Crippen molar-refractivity contribution >= 4 is 23.8 Å². The minimum absolute atomic E-state index is 0.00461. The lowest BCUT2D eigenvalue weighted by Crippen LogP contribution is -2.39. The molecule has 0 amide bonds. The minimum atomic E-state index is -2.79. The smallest absolute Gasteiger partial charge is 0.261 e. The van der Waals surface area contributed by atoms with Gasteiger partial charge in [0, 0.05) is 18.7 Å². The molecule has 1 saturated carbocycles. The number of nitro benzene ring substituents is 1. The summed E-state index contributed by atoms with van der Waals surface area (Å²) in [5.74, 6) is 0.568. The maximum Gasteiger partial charge on any atom is 0.269 e. The van der Waals surface area contributed by atoms with Gasteiger partial charge in [-0.15, -0.1) is 0 Å². The summed E-state index contributed by atoms with van der Waals surface area (Å²) in [7, 11) is -4.95. The first kappa shape index (κ1) is 19.1. The molecular weight excluding hydrogens is 342 g/mol. The van der Waals surface area contributed by atoms with Crippen LogP contribution in [0.4, 0.5) is 5.69 Å². The quantitative estimate of drug-likeness (QED) is 0.460. The summed E-state index contributed by atoms with van der Waals surface area (Å²) >= 11 is 0. The molecule has 0 aliphatic heterocycles. The standard InChI is InChI=1S/C16H27N3O3SSi/c1-16(2,3)24(4,5)18-23(22,17-12-13-6-7-13)15-10-8-14(9-11-15)19(20)21/h8-11,13H,6-7,12H2,1-5H3,(H,17,18,22). The van der Waals surface area contributed by atoms with E-state index in [2.05, 4.69) is 38.6 Å². The maximum atomic E-state index is 13.6. The fourth-order valence-electron chi connectivity index (χ4n) is 1.93. The normalized spacial score (nSPS) is 18.0. The monoisotopic (exact) mass is 369 g/mol. The van der Waals surface area contributed by atoms with E-state index >= 15 is 0 Å². The third-order valence-corrected chi connectivity index (χ3v) is 12.8. The molecule has 1 unspecified atom stereocenters. The SMILES string of the molecule is CC(C)(C)[Si](C)(C)N=S(=O)(NCC1CC1)c1ccc([N+](=O)[O-])cc1. The second-order valence-corrected chi connectivity index (χ2v) is 15.1. The van der Waals surface area contributed by atoms with Crippen LogP contribution < -0.4 is 4.72 Å². The Kier molecular flexibility index (Phi) is 5.22. The van der Waals surface area contributed by atoms with Crippen LogP contribution in [0.15, 0.2) is 33.2 Å². The molecule has 0 spiro atoms. The van der Waals surface area contributed by atoms with Gasteiger partial charge in [0.25, 0.3) is 5.69 Å². The van der Waals surface area contributed by atoms with Crippen molar-refractivity contribution in [1.29, 1.82) is 0 Å². The first-order valence-corrected chi connectivity index (χ1v) is 12.7. The molecule has 1 aliphatic carbocycles. The predicted molar refractivity (Wildman–Crippen MR) is 99.9 cm³/mol.